The van der Waals surface area contributed by atoms with Crippen molar-refractivity contribution in [2.75, 3.05) is 31.7 Å². The summed E-state index contributed by atoms with van der Waals surface area (Å²) in [6, 6.07) is 14.5. The fourth-order valence-electron chi connectivity index (χ4n) is 2.34. The molecule has 0 atom stereocenters. The van der Waals surface area contributed by atoms with Crippen LogP contribution in [0.1, 0.15) is 37.6 Å². The molecule has 0 fully saturated rings. The number of carbonyl (C=O) groups is 1. The molecule has 0 aliphatic carbocycles. The van der Waals surface area contributed by atoms with Crippen LogP contribution >= 0.6 is 0 Å². The molecule has 0 bridgehead atoms. The lowest BCUT2D eigenvalue weighted by Gasteiger charge is -2.10. The van der Waals surface area contributed by atoms with Crippen LogP contribution in [0.5, 0.6) is 11.5 Å². The van der Waals surface area contributed by atoms with Crippen molar-refractivity contribution in [2.45, 2.75) is 27.2 Å². The zero-order chi connectivity index (χ0) is 19.5. The zero-order valence-electron chi connectivity index (χ0n) is 16.4. The number of nitrogens with one attached hydrogen (secondary N) is 1. The van der Waals surface area contributed by atoms with E-state index in [1.165, 1.54) is 0 Å². The summed E-state index contributed by atoms with van der Waals surface area (Å²) in [5, 5.41) is 2.89. The molecule has 0 aliphatic rings. The Bertz CT molecular complexity index is 698. The van der Waals surface area contributed by atoms with Gasteiger partial charge in [-0.3, -0.25) is 4.79 Å². The van der Waals surface area contributed by atoms with Crippen LogP contribution in [0.3, 0.4) is 0 Å². The Labute approximate surface area is 161 Å². The number of amides is 1. The van der Waals surface area contributed by atoms with Crippen molar-refractivity contribution in [3.63, 3.8) is 0 Å². The minimum absolute atomic E-state index is 0.172. The Morgan fingerprint density at radius 1 is 0.963 bits per heavy atom. The fraction of sp³-hybridized carbons (Fsp3) is 0.409. The Morgan fingerprint density at radius 3 is 2.41 bits per heavy atom. The number of anilines is 1. The average Bonchev–Trinajstić information content (AvgIpc) is 2.66. The third-order valence-electron chi connectivity index (χ3n) is 3.87. The standard InChI is InChI=1S/C22H29NO4/c1-4-25-14-15-27-20-10-8-19(9-11-20)23-22(24)18-6-5-7-21(16-18)26-13-12-17(2)3/h5-11,16-17H,4,12-15H2,1-3H3,(H,23,24). The maximum atomic E-state index is 12.5. The van der Waals surface area contributed by atoms with Crippen LogP contribution in [0.25, 0.3) is 0 Å². The lowest BCUT2D eigenvalue weighted by molar-refractivity contribution is 0.102. The number of hydrogen-bond donors (Lipinski definition) is 1. The number of rotatable bonds is 11. The van der Waals surface area contributed by atoms with Crippen LogP contribution in [0.4, 0.5) is 5.69 Å². The molecule has 2 rings (SSSR count). The molecule has 0 radical (unpaired) electrons. The van der Waals surface area contributed by atoms with E-state index in [1.54, 1.807) is 12.1 Å². The summed E-state index contributed by atoms with van der Waals surface area (Å²) in [5.74, 6) is 1.87. The minimum Gasteiger partial charge on any atom is -0.494 e. The summed E-state index contributed by atoms with van der Waals surface area (Å²) in [6.07, 6.45) is 0.982. The van der Waals surface area contributed by atoms with E-state index in [2.05, 4.69) is 19.2 Å². The highest BCUT2D eigenvalue weighted by atomic mass is 16.5. The number of ether oxygens (including phenoxy) is 3. The van der Waals surface area contributed by atoms with Crippen molar-refractivity contribution < 1.29 is 19.0 Å². The van der Waals surface area contributed by atoms with Gasteiger partial charge in [0.1, 0.15) is 18.1 Å². The molecule has 0 heterocycles. The van der Waals surface area contributed by atoms with Gasteiger partial charge in [0.2, 0.25) is 0 Å². The quantitative estimate of drug-likeness (QED) is 0.578. The summed E-state index contributed by atoms with van der Waals surface area (Å²) in [7, 11) is 0. The number of carbonyl (C=O) groups excluding carboxylic acids is 1. The second-order valence-electron chi connectivity index (χ2n) is 6.58. The van der Waals surface area contributed by atoms with E-state index in [4.69, 9.17) is 14.2 Å². The summed E-state index contributed by atoms with van der Waals surface area (Å²) in [5.41, 5.74) is 1.28. The van der Waals surface area contributed by atoms with Crippen molar-refractivity contribution in [1.82, 2.24) is 0 Å². The van der Waals surface area contributed by atoms with Gasteiger partial charge < -0.3 is 19.5 Å². The smallest absolute Gasteiger partial charge is 0.255 e. The predicted molar refractivity (Wildman–Crippen MR) is 108 cm³/mol. The van der Waals surface area contributed by atoms with Gasteiger partial charge in [0, 0.05) is 17.9 Å². The second-order valence-corrected chi connectivity index (χ2v) is 6.58. The summed E-state index contributed by atoms with van der Waals surface area (Å²) in [6.45, 7) is 8.65. The molecule has 1 N–H and O–H groups in total. The maximum absolute atomic E-state index is 12.5. The second kappa shape index (κ2) is 11.2. The SMILES string of the molecule is CCOCCOc1ccc(NC(=O)c2cccc(OCCC(C)C)c2)cc1. The molecule has 2 aromatic rings. The maximum Gasteiger partial charge on any atom is 0.255 e. The van der Waals surface area contributed by atoms with Gasteiger partial charge in [-0.25, -0.2) is 0 Å². The lowest BCUT2D eigenvalue weighted by atomic mass is 10.1. The highest BCUT2D eigenvalue weighted by Gasteiger charge is 2.08. The van der Waals surface area contributed by atoms with Gasteiger partial charge in [0.15, 0.2) is 0 Å². The third kappa shape index (κ3) is 7.71. The van der Waals surface area contributed by atoms with Crippen LogP contribution in [0.15, 0.2) is 48.5 Å². The van der Waals surface area contributed by atoms with Gasteiger partial charge in [0.05, 0.1) is 13.2 Å². The summed E-state index contributed by atoms with van der Waals surface area (Å²) < 4.78 is 16.5. The topological polar surface area (TPSA) is 56.8 Å². The minimum atomic E-state index is -0.172. The summed E-state index contributed by atoms with van der Waals surface area (Å²) >= 11 is 0. The summed E-state index contributed by atoms with van der Waals surface area (Å²) in [4.78, 5) is 12.5. The van der Waals surface area contributed by atoms with E-state index < -0.39 is 0 Å². The third-order valence-corrected chi connectivity index (χ3v) is 3.87. The van der Waals surface area contributed by atoms with Crippen molar-refractivity contribution in [3.8, 4) is 11.5 Å². The zero-order valence-corrected chi connectivity index (χ0v) is 16.4. The van der Waals surface area contributed by atoms with Crippen molar-refractivity contribution in [3.05, 3.63) is 54.1 Å². The molecule has 0 saturated heterocycles. The first kappa shape index (κ1) is 20.8. The number of benzene rings is 2. The molecular weight excluding hydrogens is 342 g/mol. The largest absolute Gasteiger partial charge is 0.494 e. The fourth-order valence-corrected chi connectivity index (χ4v) is 2.34. The van der Waals surface area contributed by atoms with Crippen molar-refractivity contribution in [2.24, 2.45) is 5.92 Å². The van der Waals surface area contributed by atoms with E-state index in [1.807, 2.05) is 43.3 Å². The van der Waals surface area contributed by atoms with E-state index in [-0.39, 0.29) is 5.91 Å². The van der Waals surface area contributed by atoms with Crippen molar-refractivity contribution >= 4 is 11.6 Å². The first-order valence-corrected chi connectivity index (χ1v) is 9.43. The Hall–Kier alpha value is -2.53. The van der Waals surface area contributed by atoms with Gasteiger partial charge in [-0.2, -0.15) is 0 Å². The Kier molecular flexibility index (Phi) is 8.65. The molecule has 146 valence electrons. The van der Waals surface area contributed by atoms with Crippen LogP contribution in [-0.4, -0.2) is 32.3 Å². The molecule has 2 aromatic carbocycles. The molecule has 1 amide bonds. The number of hydrogen-bond acceptors (Lipinski definition) is 4. The molecule has 27 heavy (non-hydrogen) atoms. The van der Waals surface area contributed by atoms with E-state index >= 15 is 0 Å². The normalized spacial score (nSPS) is 10.7. The van der Waals surface area contributed by atoms with Gasteiger partial charge in [-0.05, 0) is 61.7 Å². The first-order valence-electron chi connectivity index (χ1n) is 9.43. The van der Waals surface area contributed by atoms with Gasteiger partial charge in [0.25, 0.3) is 5.91 Å². The predicted octanol–water partition coefficient (Wildman–Crippen LogP) is 4.78. The van der Waals surface area contributed by atoms with Crippen LogP contribution in [0, 0.1) is 5.92 Å². The molecule has 5 nitrogen and oxygen atoms in total. The van der Waals surface area contributed by atoms with E-state index in [0.29, 0.717) is 49.3 Å². The van der Waals surface area contributed by atoms with Crippen LogP contribution < -0.4 is 14.8 Å². The van der Waals surface area contributed by atoms with E-state index in [0.717, 1.165) is 12.2 Å². The van der Waals surface area contributed by atoms with Gasteiger partial charge in [-0.1, -0.05) is 19.9 Å². The van der Waals surface area contributed by atoms with Gasteiger partial charge in [-0.15, -0.1) is 0 Å². The average molecular weight is 371 g/mol. The highest BCUT2D eigenvalue weighted by molar-refractivity contribution is 6.04. The first-order chi connectivity index (χ1) is 13.1. The Morgan fingerprint density at radius 2 is 1.70 bits per heavy atom. The molecule has 0 saturated carbocycles. The Balaban J connectivity index is 1.87. The molecule has 0 spiro atoms. The lowest BCUT2D eigenvalue weighted by Crippen LogP contribution is -2.12. The molecule has 5 heteroatoms. The van der Waals surface area contributed by atoms with Crippen LogP contribution in [-0.2, 0) is 4.74 Å². The van der Waals surface area contributed by atoms with Crippen LogP contribution in [0.2, 0.25) is 0 Å². The monoisotopic (exact) mass is 371 g/mol. The van der Waals surface area contributed by atoms with E-state index in [9.17, 15) is 4.79 Å². The molecule has 0 aromatic heterocycles. The molecular formula is C22H29NO4. The highest BCUT2D eigenvalue weighted by Crippen LogP contribution is 2.18. The molecule has 0 aliphatic heterocycles. The van der Waals surface area contributed by atoms with Crippen molar-refractivity contribution in [1.29, 1.82) is 0 Å². The molecule has 0 unspecified atom stereocenters. The van der Waals surface area contributed by atoms with Gasteiger partial charge >= 0.3 is 0 Å².